The summed E-state index contributed by atoms with van der Waals surface area (Å²) in [4.78, 5) is 0. The van der Waals surface area contributed by atoms with Crippen LogP contribution in [-0.2, 0) is 0 Å². The van der Waals surface area contributed by atoms with Crippen LogP contribution in [0.5, 0.6) is 11.5 Å². The van der Waals surface area contributed by atoms with Crippen LogP contribution in [0.1, 0.15) is 11.1 Å². The summed E-state index contributed by atoms with van der Waals surface area (Å²) in [5.74, 6) is 1.74. The summed E-state index contributed by atoms with van der Waals surface area (Å²) in [5, 5.41) is 0. The minimum absolute atomic E-state index is 0.872. The van der Waals surface area contributed by atoms with E-state index in [9.17, 15) is 0 Å². The van der Waals surface area contributed by atoms with Gasteiger partial charge in [0.1, 0.15) is 11.5 Å². The van der Waals surface area contributed by atoms with Gasteiger partial charge in [0.15, 0.2) is 0 Å². The minimum Gasteiger partial charge on any atom is -0.497 e. The highest BCUT2D eigenvalue weighted by Crippen LogP contribution is 2.18. The molecule has 0 aliphatic heterocycles. The zero-order valence-corrected chi connectivity index (χ0v) is 10.0. The van der Waals surface area contributed by atoms with Crippen molar-refractivity contribution in [2.45, 2.75) is 0 Å². The molecule has 0 fully saturated rings. The molecule has 2 nitrogen and oxygen atoms in total. The number of hydrogen-bond acceptors (Lipinski definition) is 2. The van der Waals surface area contributed by atoms with Crippen LogP contribution in [0.3, 0.4) is 0 Å². The molecule has 0 unspecified atom stereocenters. The molecule has 0 atom stereocenters. The maximum absolute atomic E-state index is 5.12. The van der Waals surface area contributed by atoms with Crippen LogP contribution < -0.4 is 9.47 Å². The van der Waals surface area contributed by atoms with Gasteiger partial charge in [-0.1, -0.05) is 24.3 Å². The van der Waals surface area contributed by atoms with Crippen molar-refractivity contribution in [2.75, 3.05) is 14.2 Å². The highest BCUT2D eigenvalue weighted by atomic mass is 16.5. The van der Waals surface area contributed by atoms with E-state index in [1.165, 1.54) is 0 Å². The second-order valence-electron chi connectivity index (χ2n) is 3.69. The first kappa shape index (κ1) is 11.5. The molecule has 0 bridgehead atoms. The molecule has 0 amide bonds. The molecule has 0 aliphatic rings. The van der Waals surface area contributed by atoms with Gasteiger partial charge in [0, 0.05) is 6.42 Å². The van der Waals surface area contributed by atoms with Crippen molar-refractivity contribution in [1.29, 1.82) is 0 Å². The van der Waals surface area contributed by atoms with Gasteiger partial charge in [-0.2, -0.15) is 0 Å². The molecule has 0 heterocycles. The van der Waals surface area contributed by atoms with Crippen LogP contribution in [0, 0.1) is 6.42 Å². The predicted octanol–water partition coefficient (Wildman–Crippen LogP) is 3.30. The number of hydrogen-bond donors (Lipinski definition) is 0. The van der Waals surface area contributed by atoms with Gasteiger partial charge in [-0.3, -0.25) is 0 Å². The number of ether oxygens (including phenoxy) is 2. The molecular weight excluding hydrogens is 212 g/mol. The standard InChI is InChI=1S/C15H15O2/c1-16-14-7-3-12(4-8-14)11-13-5-9-15(17-2)10-6-13/h3-11H,1-2H3. The highest BCUT2D eigenvalue weighted by Gasteiger charge is 1.98. The fourth-order valence-electron chi connectivity index (χ4n) is 1.59. The molecular formula is C15H15O2. The van der Waals surface area contributed by atoms with Crippen LogP contribution in [0.4, 0.5) is 0 Å². The van der Waals surface area contributed by atoms with Gasteiger partial charge in [0.05, 0.1) is 14.2 Å². The van der Waals surface area contributed by atoms with E-state index < -0.39 is 0 Å². The zero-order valence-electron chi connectivity index (χ0n) is 10.0. The maximum atomic E-state index is 5.12. The summed E-state index contributed by atoms with van der Waals surface area (Å²) < 4.78 is 10.2. The molecule has 87 valence electrons. The molecule has 2 rings (SSSR count). The first-order chi connectivity index (χ1) is 8.31. The lowest BCUT2D eigenvalue weighted by Gasteiger charge is -2.04. The lowest BCUT2D eigenvalue weighted by Crippen LogP contribution is -1.87. The van der Waals surface area contributed by atoms with Crippen molar-refractivity contribution in [3.63, 3.8) is 0 Å². The van der Waals surface area contributed by atoms with Gasteiger partial charge in [0.2, 0.25) is 0 Å². The molecule has 0 N–H and O–H groups in total. The number of methoxy groups -OCH3 is 2. The molecule has 1 radical (unpaired) electrons. The lowest BCUT2D eigenvalue weighted by molar-refractivity contribution is 0.414. The third kappa shape index (κ3) is 3.00. The van der Waals surface area contributed by atoms with Crippen LogP contribution in [-0.4, -0.2) is 14.2 Å². The molecule has 2 heteroatoms. The molecule has 0 aliphatic carbocycles. The molecule has 2 aromatic rings. The Morgan fingerprint density at radius 1 is 0.647 bits per heavy atom. The second kappa shape index (κ2) is 5.39. The fourth-order valence-corrected chi connectivity index (χ4v) is 1.59. The predicted molar refractivity (Wildman–Crippen MR) is 68.5 cm³/mol. The Kier molecular flexibility index (Phi) is 3.66. The summed E-state index contributed by atoms with van der Waals surface area (Å²) in [5.41, 5.74) is 2.30. The number of rotatable bonds is 4. The smallest absolute Gasteiger partial charge is 0.118 e. The van der Waals surface area contributed by atoms with Crippen LogP contribution >= 0.6 is 0 Å². The first-order valence-corrected chi connectivity index (χ1v) is 5.44. The highest BCUT2D eigenvalue weighted by molar-refractivity contribution is 5.41. The Balaban J connectivity index is 2.08. The van der Waals surface area contributed by atoms with E-state index >= 15 is 0 Å². The topological polar surface area (TPSA) is 18.5 Å². The molecule has 17 heavy (non-hydrogen) atoms. The van der Waals surface area contributed by atoms with Gasteiger partial charge in [0.25, 0.3) is 0 Å². The normalized spacial score (nSPS) is 10.0. The minimum atomic E-state index is 0.872. The van der Waals surface area contributed by atoms with Crippen LogP contribution in [0.2, 0.25) is 0 Å². The van der Waals surface area contributed by atoms with Gasteiger partial charge in [-0.05, 0) is 35.4 Å². The van der Waals surface area contributed by atoms with Crippen LogP contribution in [0.25, 0.3) is 0 Å². The average Bonchev–Trinajstić information content (AvgIpc) is 2.40. The number of benzene rings is 2. The Labute approximate surface area is 102 Å². The molecule has 0 saturated heterocycles. The van der Waals surface area contributed by atoms with Crippen molar-refractivity contribution in [3.8, 4) is 11.5 Å². The molecule has 0 spiro atoms. The lowest BCUT2D eigenvalue weighted by atomic mass is 10.0. The summed E-state index contributed by atoms with van der Waals surface area (Å²) in [6.07, 6.45) is 2.11. The van der Waals surface area contributed by atoms with Crippen molar-refractivity contribution in [3.05, 3.63) is 66.1 Å². The Morgan fingerprint density at radius 2 is 1.00 bits per heavy atom. The largest absolute Gasteiger partial charge is 0.497 e. The van der Waals surface area contributed by atoms with E-state index in [1.807, 2.05) is 48.5 Å². The van der Waals surface area contributed by atoms with E-state index in [1.54, 1.807) is 14.2 Å². The summed E-state index contributed by atoms with van der Waals surface area (Å²) in [6.45, 7) is 0. The van der Waals surface area contributed by atoms with Crippen molar-refractivity contribution >= 4 is 0 Å². The Morgan fingerprint density at radius 3 is 1.29 bits per heavy atom. The van der Waals surface area contributed by atoms with Crippen molar-refractivity contribution < 1.29 is 9.47 Å². The monoisotopic (exact) mass is 227 g/mol. The first-order valence-electron chi connectivity index (χ1n) is 5.44. The third-order valence-corrected chi connectivity index (χ3v) is 2.56. The quantitative estimate of drug-likeness (QED) is 0.797. The van der Waals surface area contributed by atoms with Crippen LogP contribution in [0.15, 0.2) is 48.5 Å². The summed E-state index contributed by atoms with van der Waals surface area (Å²) in [7, 11) is 3.34. The molecule has 2 aromatic carbocycles. The van der Waals surface area contributed by atoms with E-state index in [2.05, 4.69) is 6.42 Å². The summed E-state index contributed by atoms with van der Waals surface area (Å²) in [6, 6.07) is 15.9. The van der Waals surface area contributed by atoms with Crippen molar-refractivity contribution in [2.24, 2.45) is 0 Å². The average molecular weight is 227 g/mol. The molecule has 0 aromatic heterocycles. The van der Waals surface area contributed by atoms with Gasteiger partial charge in [-0.15, -0.1) is 0 Å². The fraction of sp³-hybridized carbons (Fsp3) is 0.133. The van der Waals surface area contributed by atoms with Gasteiger partial charge < -0.3 is 9.47 Å². The van der Waals surface area contributed by atoms with E-state index in [-0.39, 0.29) is 0 Å². The Hall–Kier alpha value is -1.96. The Bertz CT molecular complexity index is 412. The van der Waals surface area contributed by atoms with Crippen molar-refractivity contribution in [1.82, 2.24) is 0 Å². The zero-order chi connectivity index (χ0) is 12.1. The van der Waals surface area contributed by atoms with Gasteiger partial charge in [-0.25, -0.2) is 0 Å². The SMILES string of the molecule is COc1ccc([CH]c2ccc(OC)cc2)cc1. The second-order valence-corrected chi connectivity index (χ2v) is 3.69. The van der Waals surface area contributed by atoms with E-state index in [4.69, 9.17) is 9.47 Å². The van der Waals surface area contributed by atoms with Gasteiger partial charge >= 0.3 is 0 Å². The summed E-state index contributed by atoms with van der Waals surface area (Å²) >= 11 is 0. The van der Waals surface area contributed by atoms with E-state index in [0.29, 0.717) is 0 Å². The third-order valence-electron chi connectivity index (χ3n) is 2.56. The maximum Gasteiger partial charge on any atom is 0.118 e. The molecule has 0 saturated carbocycles. The van der Waals surface area contributed by atoms with E-state index in [0.717, 1.165) is 22.6 Å².